The molecule has 3 heteroatoms. The van der Waals surface area contributed by atoms with Gasteiger partial charge in [0.1, 0.15) is 12.4 Å². The number of aromatic nitrogens is 1. The van der Waals surface area contributed by atoms with E-state index >= 15 is 0 Å². The molecule has 0 fully saturated rings. The predicted octanol–water partition coefficient (Wildman–Crippen LogP) is 3.17. The minimum Gasteiger partial charge on any atom is -0.487 e. The van der Waals surface area contributed by atoms with Crippen molar-refractivity contribution in [3.8, 4) is 5.75 Å². The molecule has 2 N–H and O–H groups in total. The summed E-state index contributed by atoms with van der Waals surface area (Å²) in [5, 5.41) is 0. The summed E-state index contributed by atoms with van der Waals surface area (Å²) in [5.74, 6) is 0.821. The summed E-state index contributed by atoms with van der Waals surface area (Å²) >= 11 is 0. The lowest BCUT2D eigenvalue weighted by Gasteiger charge is -2.11. The zero-order valence-corrected chi connectivity index (χ0v) is 11.0. The summed E-state index contributed by atoms with van der Waals surface area (Å²) in [5.41, 5.74) is 10.7. The van der Waals surface area contributed by atoms with Crippen LogP contribution in [0.15, 0.2) is 30.3 Å². The molecule has 1 heterocycles. The van der Waals surface area contributed by atoms with Crippen molar-refractivity contribution >= 4 is 5.69 Å². The summed E-state index contributed by atoms with van der Waals surface area (Å²) in [6, 6.07) is 9.82. The highest BCUT2D eigenvalue weighted by atomic mass is 16.5. The molecule has 0 saturated heterocycles. The largest absolute Gasteiger partial charge is 0.487 e. The second kappa shape index (κ2) is 5.08. The highest BCUT2D eigenvalue weighted by molar-refractivity contribution is 5.54. The Kier molecular flexibility index (Phi) is 3.51. The van der Waals surface area contributed by atoms with E-state index in [1.807, 2.05) is 51.1 Å². The van der Waals surface area contributed by atoms with E-state index in [1.54, 1.807) is 0 Å². The number of hydrogen-bond acceptors (Lipinski definition) is 3. The van der Waals surface area contributed by atoms with E-state index in [2.05, 4.69) is 4.98 Å². The summed E-state index contributed by atoms with van der Waals surface area (Å²) in [6.07, 6.45) is 0. The number of nitrogen functional groups attached to an aromatic ring is 1. The van der Waals surface area contributed by atoms with E-state index in [0.717, 1.165) is 34.0 Å². The first-order valence-corrected chi connectivity index (χ1v) is 5.98. The van der Waals surface area contributed by atoms with E-state index in [9.17, 15) is 0 Å². The van der Waals surface area contributed by atoms with E-state index in [-0.39, 0.29) is 0 Å². The average molecular weight is 242 g/mol. The van der Waals surface area contributed by atoms with Gasteiger partial charge in [-0.25, -0.2) is 0 Å². The van der Waals surface area contributed by atoms with Gasteiger partial charge >= 0.3 is 0 Å². The average Bonchev–Trinajstić information content (AvgIpc) is 2.32. The predicted molar refractivity (Wildman–Crippen MR) is 73.6 cm³/mol. The van der Waals surface area contributed by atoms with Crippen molar-refractivity contribution in [1.29, 1.82) is 0 Å². The van der Waals surface area contributed by atoms with Crippen LogP contribution in [0.5, 0.6) is 5.75 Å². The van der Waals surface area contributed by atoms with Gasteiger partial charge in [-0.3, -0.25) is 4.98 Å². The van der Waals surface area contributed by atoms with Crippen molar-refractivity contribution in [2.24, 2.45) is 0 Å². The third-order valence-corrected chi connectivity index (χ3v) is 2.89. The molecule has 3 nitrogen and oxygen atoms in total. The zero-order valence-electron chi connectivity index (χ0n) is 11.0. The first kappa shape index (κ1) is 12.4. The molecule has 0 saturated carbocycles. The van der Waals surface area contributed by atoms with Gasteiger partial charge in [0.2, 0.25) is 0 Å². The highest BCUT2D eigenvalue weighted by Crippen LogP contribution is 2.25. The number of aryl methyl sites for hydroxylation is 3. The molecule has 1 aromatic carbocycles. The van der Waals surface area contributed by atoms with Crippen molar-refractivity contribution in [1.82, 2.24) is 4.98 Å². The third-order valence-electron chi connectivity index (χ3n) is 2.89. The number of pyridine rings is 1. The monoisotopic (exact) mass is 242 g/mol. The van der Waals surface area contributed by atoms with Crippen LogP contribution in [0.1, 0.15) is 22.5 Å². The Labute approximate surface area is 108 Å². The molecule has 1 aromatic heterocycles. The van der Waals surface area contributed by atoms with Crippen molar-refractivity contribution in [2.75, 3.05) is 5.73 Å². The van der Waals surface area contributed by atoms with Gasteiger partial charge in [-0.1, -0.05) is 12.1 Å². The molecule has 0 spiro atoms. The lowest BCUT2D eigenvalue weighted by Crippen LogP contribution is -2.01. The Morgan fingerprint density at radius 1 is 1.11 bits per heavy atom. The fraction of sp³-hybridized carbons (Fsp3) is 0.267. The van der Waals surface area contributed by atoms with E-state index in [4.69, 9.17) is 10.5 Å². The van der Waals surface area contributed by atoms with E-state index in [0.29, 0.717) is 6.61 Å². The molecular formula is C15H18N2O. The van der Waals surface area contributed by atoms with E-state index in [1.165, 1.54) is 0 Å². The van der Waals surface area contributed by atoms with Gasteiger partial charge in [-0.2, -0.15) is 0 Å². The van der Waals surface area contributed by atoms with Gasteiger partial charge in [-0.15, -0.1) is 0 Å². The van der Waals surface area contributed by atoms with Crippen LogP contribution in [0.4, 0.5) is 5.69 Å². The Balaban J connectivity index is 2.13. The molecule has 0 aliphatic rings. The van der Waals surface area contributed by atoms with Gasteiger partial charge in [-0.05, 0) is 44.0 Å². The van der Waals surface area contributed by atoms with E-state index < -0.39 is 0 Å². The first-order valence-electron chi connectivity index (χ1n) is 5.98. The third kappa shape index (κ3) is 2.80. The minimum absolute atomic E-state index is 0.463. The minimum atomic E-state index is 0.463. The zero-order chi connectivity index (χ0) is 13.1. The Bertz CT molecular complexity index is 564. The van der Waals surface area contributed by atoms with Crippen molar-refractivity contribution in [2.45, 2.75) is 27.4 Å². The van der Waals surface area contributed by atoms with Gasteiger partial charge in [0.15, 0.2) is 0 Å². The number of hydrogen-bond donors (Lipinski definition) is 1. The van der Waals surface area contributed by atoms with Crippen LogP contribution in [0.2, 0.25) is 0 Å². The maximum Gasteiger partial charge on any atom is 0.130 e. The van der Waals surface area contributed by atoms with Crippen LogP contribution in [-0.4, -0.2) is 4.98 Å². The Morgan fingerprint density at radius 2 is 1.89 bits per heavy atom. The van der Waals surface area contributed by atoms with Gasteiger partial charge in [0.25, 0.3) is 0 Å². The lowest BCUT2D eigenvalue weighted by atomic mass is 10.1. The smallest absolute Gasteiger partial charge is 0.130 e. The first-order chi connectivity index (χ1) is 8.56. The second-order valence-electron chi connectivity index (χ2n) is 4.53. The number of rotatable bonds is 3. The molecule has 0 unspecified atom stereocenters. The molecule has 0 atom stereocenters. The normalized spacial score (nSPS) is 10.4. The van der Waals surface area contributed by atoms with Gasteiger partial charge in [0.05, 0.1) is 5.69 Å². The standard InChI is InChI=1S/C15H18N2O/c1-10-7-11(2)15(8-14(10)16)18-9-13-6-4-5-12(3)17-13/h4-8H,9,16H2,1-3H3. The van der Waals surface area contributed by atoms with Crippen LogP contribution in [0.3, 0.4) is 0 Å². The number of benzene rings is 1. The van der Waals surface area contributed by atoms with Gasteiger partial charge in [0, 0.05) is 17.4 Å². The van der Waals surface area contributed by atoms with Crippen molar-refractivity contribution in [3.05, 3.63) is 52.8 Å². The second-order valence-corrected chi connectivity index (χ2v) is 4.53. The molecule has 18 heavy (non-hydrogen) atoms. The molecule has 2 aromatic rings. The topological polar surface area (TPSA) is 48.1 Å². The molecular weight excluding hydrogens is 224 g/mol. The molecule has 0 amide bonds. The number of nitrogens with zero attached hydrogens (tertiary/aromatic N) is 1. The summed E-state index contributed by atoms with van der Waals surface area (Å²) in [6.45, 7) is 6.45. The molecule has 2 rings (SSSR count). The SMILES string of the molecule is Cc1cccc(COc2cc(N)c(C)cc2C)n1. The van der Waals surface area contributed by atoms with Crippen molar-refractivity contribution in [3.63, 3.8) is 0 Å². The van der Waals surface area contributed by atoms with Crippen LogP contribution < -0.4 is 10.5 Å². The van der Waals surface area contributed by atoms with Gasteiger partial charge < -0.3 is 10.5 Å². The van der Waals surface area contributed by atoms with Crippen LogP contribution in [-0.2, 0) is 6.61 Å². The number of nitrogens with two attached hydrogens (primary N) is 1. The number of anilines is 1. The Hall–Kier alpha value is -2.03. The fourth-order valence-electron chi connectivity index (χ4n) is 1.84. The number of ether oxygens (including phenoxy) is 1. The van der Waals surface area contributed by atoms with Crippen LogP contribution >= 0.6 is 0 Å². The maximum atomic E-state index is 5.89. The lowest BCUT2D eigenvalue weighted by molar-refractivity contribution is 0.299. The summed E-state index contributed by atoms with van der Waals surface area (Å²) in [7, 11) is 0. The fourth-order valence-corrected chi connectivity index (χ4v) is 1.84. The maximum absolute atomic E-state index is 5.89. The summed E-state index contributed by atoms with van der Waals surface area (Å²) in [4.78, 5) is 4.40. The molecule has 94 valence electrons. The molecule has 0 aliphatic carbocycles. The molecule has 0 aliphatic heterocycles. The Morgan fingerprint density at radius 3 is 2.61 bits per heavy atom. The molecule has 0 radical (unpaired) electrons. The summed E-state index contributed by atoms with van der Waals surface area (Å²) < 4.78 is 5.77. The van der Waals surface area contributed by atoms with Crippen LogP contribution in [0, 0.1) is 20.8 Å². The van der Waals surface area contributed by atoms with Crippen LogP contribution in [0.25, 0.3) is 0 Å². The van der Waals surface area contributed by atoms with Crippen molar-refractivity contribution < 1.29 is 4.74 Å². The quantitative estimate of drug-likeness (QED) is 0.841. The highest BCUT2D eigenvalue weighted by Gasteiger charge is 2.04. The molecule has 0 bridgehead atoms.